The van der Waals surface area contributed by atoms with Gasteiger partial charge in [0.2, 0.25) is 11.5 Å². The van der Waals surface area contributed by atoms with Crippen LogP contribution in [-0.4, -0.2) is 21.7 Å². The molecule has 4 rings (SSSR count). The largest absolute Gasteiger partial charge is 0.418 e. The number of aromatic nitrogens is 2. The molecule has 0 saturated heterocycles. The van der Waals surface area contributed by atoms with Gasteiger partial charge >= 0.3 is 6.18 Å². The number of alkyl halides is 3. The molecule has 3 aromatic rings. The van der Waals surface area contributed by atoms with Gasteiger partial charge in [-0.15, -0.1) is 0 Å². The summed E-state index contributed by atoms with van der Waals surface area (Å²) in [5, 5.41) is 5.42. The van der Waals surface area contributed by atoms with Crippen LogP contribution in [0.15, 0.2) is 59.5 Å². The highest BCUT2D eigenvalue weighted by Crippen LogP contribution is 2.49. The third-order valence-corrected chi connectivity index (χ3v) is 5.96. The Morgan fingerprint density at radius 1 is 1.11 bits per heavy atom. The second kappa shape index (κ2) is 9.53. The number of amides is 1. The molecule has 1 aliphatic rings. The average molecular weight is 505 g/mol. The molecule has 3 N–H and O–H groups in total. The van der Waals surface area contributed by atoms with E-state index in [9.17, 15) is 27.6 Å². The fourth-order valence-corrected chi connectivity index (χ4v) is 3.80. The van der Waals surface area contributed by atoms with Gasteiger partial charge < -0.3 is 15.6 Å². The summed E-state index contributed by atoms with van der Waals surface area (Å²) in [5.74, 6) is -0.603. The van der Waals surface area contributed by atoms with Crippen molar-refractivity contribution in [2.45, 2.75) is 32.0 Å². The predicted octanol–water partition coefficient (Wildman–Crippen LogP) is 4.86. The number of carbonyl (C=O) groups is 2. The van der Waals surface area contributed by atoms with Crippen molar-refractivity contribution in [3.8, 4) is 0 Å². The lowest BCUT2D eigenvalue weighted by Crippen LogP contribution is -2.33. The van der Waals surface area contributed by atoms with Crippen LogP contribution in [0.3, 0.4) is 0 Å². The van der Waals surface area contributed by atoms with Crippen LogP contribution in [0.5, 0.6) is 0 Å². The molecule has 0 radical (unpaired) electrons. The number of benzene rings is 1. The maximum Gasteiger partial charge on any atom is 0.418 e. The van der Waals surface area contributed by atoms with E-state index in [2.05, 4.69) is 20.6 Å². The van der Waals surface area contributed by atoms with E-state index in [1.54, 1.807) is 12.1 Å². The smallest absolute Gasteiger partial charge is 0.354 e. The second-order valence-electron chi connectivity index (χ2n) is 8.34. The fraction of sp³-hybridized carbons (Fsp3) is 0.250. The van der Waals surface area contributed by atoms with Crippen LogP contribution in [0.4, 0.5) is 24.5 Å². The van der Waals surface area contributed by atoms with Gasteiger partial charge in [-0.25, -0.2) is 0 Å². The average Bonchev–Trinajstić information content (AvgIpc) is 3.59. The first kappa shape index (κ1) is 24.5. The third kappa shape index (κ3) is 5.89. The highest BCUT2D eigenvalue weighted by Gasteiger charge is 2.51. The van der Waals surface area contributed by atoms with Gasteiger partial charge in [0.1, 0.15) is 0 Å². The molecule has 1 fully saturated rings. The van der Waals surface area contributed by atoms with Gasteiger partial charge in [-0.2, -0.15) is 13.2 Å². The van der Waals surface area contributed by atoms with Gasteiger partial charge in [-0.05, 0) is 49.2 Å². The Labute approximate surface area is 202 Å². The van der Waals surface area contributed by atoms with Crippen LogP contribution in [0.1, 0.15) is 41.0 Å². The quantitative estimate of drug-likeness (QED) is 0.380. The van der Waals surface area contributed by atoms with Gasteiger partial charge in [-0.1, -0.05) is 17.7 Å². The highest BCUT2D eigenvalue weighted by molar-refractivity contribution is 6.30. The number of H-pyrrole nitrogens is 1. The van der Waals surface area contributed by atoms with Crippen molar-refractivity contribution in [1.82, 2.24) is 15.3 Å². The minimum atomic E-state index is -4.58. The summed E-state index contributed by atoms with van der Waals surface area (Å²) in [5.41, 5.74) is -1.28. The summed E-state index contributed by atoms with van der Waals surface area (Å²) in [6.07, 6.45) is -2.13. The summed E-state index contributed by atoms with van der Waals surface area (Å²) in [4.78, 5) is 43.3. The van der Waals surface area contributed by atoms with E-state index in [1.165, 1.54) is 36.5 Å². The maximum absolute atomic E-state index is 13.3. The summed E-state index contributed by atoms with van der Waals surface area (Å²) >= 11 is 5.70. The zero-order valence-electron chi connectivity index (χ0n) is 18.2. The van der Waals surface area contributed by atoms with E-state index in [4.69, 9.17) is 11.6 Å². The van der Waals surface area contributed by atoms with Gasteiger partial charge in [0, 0.05) is 17.5 Å². The van der Waals surface area contributed by atoms with E-state index in [-0.39, 0.29) is 46.6 Å². The standard InChI is InChI=1S/C24H20ClF3N4O3/c25-14-4-7-18(17(10-14)24(26,27)28)31-16-6-5-15(29-13-16)12-30-22(35)23(8-9-23)11-20(33)19-2-1-3-21(34)32-19/h1-7,10,13,31H,8-9,11-12H2,(H,30,35)(H,32,34). The Kier molecular flexibility index (Phi) is 6.66. The predicted molar refractivity (Wildman–Crippen MR) is 123 cm³/mol. The van der Waals surface area contributed by atoms with Crippen molar-refractivity contribution in [2.75, 3.05) is 5.32 Å². The molecule has 0 aliphatic heterocycles. The van der Waals surface area contributed by atoms with Crippen LogP contribution >= 0.6 is 11.6 Å². The minimum absolute atomic E-state index is 0.0162. The fourth-order valence-electron chi connectivity index (χ4n) is 3.62. The Morgan fingerprint density at radius 3 is 2.51 bits per heavy atom. The molecule has 182 valence electrons. The van der Waals surface area contributed by atoms with Crippen LogP contribution in [0, 0.1) is 5.41 Å². The number of ketones is 1. The van der Waals surface area contributed by atoms with Crippen molar-refractivity contribution >= 4 is 34.7 Å². The SMILES string of the molecule is O=C(CC1(C(=O)NCc2ccc(Nc3ccc(Cl)cc3C(F)(F)F)cn2)CC1)c1cccc(=O)[nH]1. The summed E-state index contributed by atoms with van der Waals surface area (Å²) in [7, 11) is 0. The number of halogens is 4. The molecule has 1 amide bonds. The van der Waals surface area contributed by atoms with E-state index >= 15 is 0 Å². The number of nitrogens with zero attached hydrogens (tertiary/aromatic N) is 1. The van der Waals surface area contributed by atoms with E-state index in [1.807, 2.05) is 0 Å². The molecule has 7 nitrogen and oxygen atoms in total. The van der Waals surface area contributed by atoms with Crippen molar-refractivity contribution in [3.63, 3.8) is 0 Å². The van der Waals surface area contributed by atoms with Gasteiger partial charge in [0.25, 0.3) is 0 Å². The van der Waals surface area contributed by atoms with Crippen molar-refractivity contribution in [2.24, 2.45) is 5.41 Å². The molecule has 1 saturated carbocycles. The summed E-state index contributed by atoms with van der Waals surface area (Å²) in [6.45, 7) is 0.0893. The molecule has 2 aromatic heterocycles. The van der Waals surface area contributed by atoms with Crippen LogP contribution in [-0.2, 0) is 17.5 Å². The van der Waals surface area contributed by atoms with Crippen molar-refractivity contribution < 1.29 is 22.8 Å². The molecule has 35 heavy (non-hydrogen) atoms. The number of pyridine rings is 2. The van der Waals surface area contributed by atoms with E-state index in [0.29, 0.717) is 24.2 Å². The first-order valence-electron chi connectivity index (χ1n) is 10.7. The Morgan fingerprint density at radius 2 is 1.89 bits per heavy atom. The monoisotopic (exact) mass is 504 g/mol. The third-order valence-electron chi connectivity index (χ3n) is 5.72. The first-order valence-corrected chi connectivity index (χ1v) is 11.0. The Balaban J connectivity index is 1.35. The van der Waals surface area contributed by atoms with Gasteiger partial charge in [-0.3, -0.25) is 19.4 Å². The highest BCUT2D eigenvalue weighted by atomic mass is 35.5. The molecular formula is C24H20ClF3N4O3. The number of hydrogen-bond acceptors (Lipinski definition) is 5. The number of aromatic amines is 1. The Hall–Kier alpha value is -3.66. The lowest BCUT2D eigenvalue weighted by molar-refractivity contribution is -0.137. The summed E-state index contributed by atoms with van der Waals surface area (Å²) in [6, 6.07) is 10.8. The van der Waals surface area contributed by atoms with Crippen molar-refractivity contribution in [1.29, 1.82) is 0 Å². The number of Topliss-reactive ketones (excluding diaryl/α,β-unsaturated/α-hetero) is 1. The number of hydrogen-bond donors (Lipinski definition) is 3. The second-order valence-corrected chi connectivity index (χ2v) is 8.78. The normalized spacial score (nSPS) is 14.3. The zero-order valence-corrected chi connectivity index (χ0v) is 19.0. The number of carbonyl (C=O) groups excluding carboxylic acids is 2. The molecule has 0 spiro atoms. The maximum atomic E-state index is 13.3. The molecule has 2 heterocycles. The lowest BCUT2D eigenvalue weighted by Gasteiger charge is -2.16. The van der Waals surface area contributed by atoms with E-state index in [0.717, 1.165) is 6.07 Å². The van der Waals surface area contributed by atoms with Gasteiger partial charge in [0.05, 0.1) is 46.5 Å². The Bertz CT molecular complexity index is 1320. The van der Waals surface area contributed by atoms with Crippen LogP contribution < -0.4 is 16.2 Å². The van der Waals surface area contributed by atoms with Gasteiger partial charge in [0.15, 0.2) is 5.78 Å². The van der Waals surface area contributed by atoms with Crippen LogP contribution in [0.2, 0.25) is 5.02 Å². The first-order chi connectivity index (χ1) is 16.6. The molecule has 0 bridgehead atoms. The van der Waals surface area contributed by atoms with Crippen LogP contribution in [0.25, 0.3) is 0 Å². The molecule has 0 atom stereocenters. The minimum Gasteiger partial charge on any atom is -0.354 e. The molecule has 1 aromatic carbocycles. The topological polar surface area (TPSA) is 104 Å². The molecule has 1 aliphatic carbocycles. The molecule has 0 unspecified atom stereocenters. The van der Waals surface area contributed by atoms with E-state index < -0.39 is 17.2 Å². The molecule has 11 heteroatoms. The molecular weight excluding hydrogens is 485 g/mol. The zero-order chi connectivity index (χ0) is 25.2. The summed E-state index contributed by atoms with van der Waals surface area (Å²) < 4.78 is 39.8. The van der Waals surface area contributed by atoms with Crippen molar-refractivity contribution in [3.05, 3.63) is 87.1 Å². The number of anilines is 2. The number of nitrogens with one attached hydrogen (secondary N) is 3. The lowest BCUT2D eigenvalue weighted by atomic mass is 9.96. The number of rotatable bonds is 8.